The molecule has 0 spiro atoms. The molecule has 2 aromatic rings. The van der Waals surface area contributed by atoms with E-state index in [-0.39, 0.29) is 20.7 Å². The van der Waals surface area contributed by atoms with E-state index in [0.29, 0.717) is 11.1 Å². The number of thioether (sulfide) groups is 1. The van der Waals surface area contributed by atoms with Gasteiger partial charge in [-0.25, -0.2) is 0 Å². The molecule has 1 N–H and O–H groups in total. The lowest BCUT2D eigenvalue weighted by molar-refractivity contribution is -0.123. The summed E-state index contributed by atoms with van der Waals surface area (Å²) >= 11 is 6.15. The van der Waals surface area contributed by atoms with Gasteiger partial charge in [0.15, 0.2) is 15.8 Å². The molecule has 0 unspecified atom stereocenters. The zero-order valence-electron chi connectivity index (χ0n) is 14.9. The number of carbonyl (C=O) groups excluding carboxylic acids is 2. The molecule has 0 aliphatic carbocycles. The van der Waals surface area contributed by atoms with Gasteiger partial charge < -0.3 is 9.47 Å². The fourth-order valence-corrected chi connectivity index (χ4v) is 3.62. The van der Waals surface area contributed by atoms with Crippen LogP contribution in [0.4, 0.5) is 8.78 Å². The second-order valence-corrected chi connectivity index (χ2v) is 7.29. The van der Waals surface area contributed by atoms with E-state index in [1.165, 1.54) is 25.3 Å². The molecule has 10 heteroatoms. The normalized spacial score (nSPS) is 15.2. The molecule has 0 radical (unpaired) electrons. The highest BCUT2D eigenvalue weighted by Crippen LogP contribution is 2.34. The zero-order valence-corrected chi connectivity index (χ0v) is 16.6. The third-order valence-corrected chi connectivity index (χ3v) is 5.05. The van der Waals surface area contributed by atoms with Crippen LogP contribution >= 0.6 is 24.0 Å². The number of hydrogen-bond donors (Lipinski definition) is 1. The Labute approximate surface area is 174 Å². The Kier molecular flexibility index (Phi) is 6.45. The van der Waals surface area contributed by atoms with Crippen molar-refractivity contribution in [2.75, 3.05) is 7.11 Å². The molecular weight excluding hydrogens is 422 g/mol. The van der Waals surface area contributed by atoms with E-state index in [1.54, 1.807) is 36.4 Å². The van der Waals surface area contributed by atoms with Crippen LogP contribution in [0.25, 0.3) is 6.08 Å². The van der Waals surface area contributed by atoms with E-state index < -0.39 is 18.4 Å². The number of amides is 2. The summed E-state index contributed by atoms with van der Waals surface area (Å²) in [6.45, 7) is -3.02. The molecule has 2 aromatic carbocycles. The first-order valence-corrected chi connectivity index (χ1v) is 9.38. The summed E-state index contributed by atoms with van der Waals surface area (Å²) < 4.78 is 34.7. The van der Waals surface area contributed by atoms with Gasteiger partial charge in [-0.2, -0.15) is 13.8 Å². The smallest absolute Gasteiger partial charge is 0.387 e. The fourth-order valence-electron chi connectivity index (χ4n) is 2.44. The van der Waals surface area contributed by atoms with Gasteiger partial charge >= 0.3 is 6.61 Å². The maximum atomic E-state index is 12.6. The number of alkyl halides is 2. The summed E-state index contributed by atoms with van der Waals surface area (Å²) in [5, 5.41) is 0.973. The summed E-state index contributed by atoms with van der Waals surface area (Å²) in [5.41, 5.74) is 3.26. The molecule has 1 saturated heterocycles. The minimum Gasteiger partial charge on any atom is -0.493 e. The van der Waals surface area contributed by atoms with Crippen LogP contribution < -0.4 is 14.9 Å². The van der Waals surface area contributed by atoms with E-state index in [1.807, 2.05) is 0 Å². The van der Waals surface area contributed by atoms with Gasteiger partial charge in [0.2, 0.25) is 0 Å². The van der Waals surface area contributed by atoms with Crippen LogP contribution in [0.5, 0.6) is 11.5 Å². The van der Waals surface area contributed by atoms with Crippen LogP contribution in [0.1, 0.15) is 15.9 Å². The van der Waals surface area contributed by atoms with Gasteiger partial charge in [-0.05, 0) is 48.1 Å². The van der Waals surface area contributed by atoms with Crippen molar-refractivity contribution in [3.05, 3.63) is 64.6 Å². The van der Waals surface area contributed by atoms with Crippen molar-refractivity contribution >= 4 is 46.2 Å². The summed E-state index contributed by atoms with van der Waals surface area (Å²) in [5.74, 6) is -1.05. The van der Waals surface area contributed by atoms with Crippen LogP contribution in [0.15, 0.2) is 53.4 Å². The second-order valence-electron chi connectivity index (χ2n) is 5.61. The van der Waals surface area contributed by atoms with Crippen molar-refractivity contribution in [3.8, 4) is 11.5 Å². The number of hydrazine groups is 1. The number of methoxy groups -OCH3 is 1. The van der Waals surface area contributed by atoms with Gasteiger partial charge in [0.1, 0.15) is 0 Å². The molecule has 0 saturated carbocycles. The topological polar surface area (TPSA) is 67.9 Å². The number of carbonyl (C=O) groups is 2. The van der Waals surface area contributed by atoms with Crippen molar-refractivity contribution in [3.63, 3.8) is 0 Å². The Morgan fingerprint density at radius 1 is 1.21 bits per heavy atom. The maximum absolute atomic E-state index is 12.6. The standard InChI is InChI=1S/C19H14F2N2O4S2/c1-26-13-8-7-11(9-14(13)27-18(20)21)10-15-17(25)23(19(28)29-15)22-16(24)12-5-3-2-4-6-12/h2-10,18H,1H3,(H,22,24)/b15-10-. The number of nitrogens with one attached hydrogen (secondary N) is 1. The van der Waals surface area contributed by atoms with Gasteiger partial charge in [-0.1, -0.05) is 36.0 Å². The molecule has 0 atom stereocenters. The largest absolute Gasteiger partial charge is 0.493 e. The Hall–Kier alpha value is -2.98. The van der Waals surface area contributed by atoms with E-state index in [0.717, 1.165) is 16.8 Å². The first kappa shape index (κ1) is 20.7. The van der Waals surface area contributed by atoms with Crippen molar-refractivity contribution in [1.29, 1.82) is 0 Å². The minimum absolute atomic E-state index is 0.130. The van der Waals surface area contributed by atoms with Crippen LogP contribution in [0.2, 0.25) is 0 Å². The lowest BCUT2D eigenvalue weighted by Gasteiger charge is -2.15. The first-order chi connectivity index (χ1) is 13.9. The second kappa shape index (κ2) is 9.01. The van der Waals surface area contributed by atoms with E-state index in [9.17, 15) is 18.4 Å². The average Bonchev–Trinajstić information content (AvgIpc) is 2.96. The van der Waals surface area contributed by atoms with Crippen LogP contribution in [-0.4, -0.2) is 34.9 Å². The number of benzene rings is 2. The van der Waals surface area contributed by atoms with E-state index in [2.05, 4.69) is 10.2 Å². The molecule has 1 fully saturated rings. The van der Waals surface area contributed by atoms with Crippen LogP contribution in [0.3, 0.4) is 0 Å². The third kappa shape index (κ3) is 4.90. The Morgan fingerprint density at radius 2 is 1.93 bits per heavy atom. The predicted octanol–water partition coefficient (Wildman–Crippen LogP) is 3.84. The van der Waals surface area contributed by atoms with Gasteiger partial charge in [-0.15, -0.1) is 0 Å². The fraction of sp³-hybridized carbons (Fsp3) is 0.105. The predicted molar refractivity (Wildman–Crippen MR) is 109 cm³/mol. The first-order valence-electron chi connectivity index (χ1n) is 8.16. The van der Waals surface area contributed by atoms with Gasteiger partial charge in [-0.3, -0.25) is 15.0 Å². The quantitative estimate of drug-likeness (QED) is 0.548. The SMILES string of the molecule is COc1ccc(/C=C2\SC(=S)N(NC(=O)c3ccccc3)C2=O)cc1OC(F)F. The molecule has 1 heterocycles. The Bertz CT molecular complexity index is 983. The Balaban J connectivity index is 1.80. The number of hydrogen-bond acceptors (Lipinski definition) is 6. The molecule has 0 aromatic heterocycles. The van der Waals surface area contributed by atoms with Crippen molar-refractivity contribution in [1.82, 2.24) is 10.4 Å². The molecule has 150 valence electrons. The highest BCUT2D eigenvalue weighted by Gasteiger charge is 2.33. The molecule has 6 nitrogen and oxygen atoms in total. The van der Waals surface area contributed by atoms with Crippen molar-refractivity contribution in [2.45, 2.75) is 6.61 Å². The molecule has 1 aliphatic rings. The van der Waals surface area contributed by atoms with Gasteiger partial charge in [0, 0.05) is 5.56 Å². The lowest BCUT2D eigenvalue weighted by atomic mass is 10.2. The number of rotatable bonds is 6. The highest BCUT2D eigenvalue weighted by molar-refractivity contribution is 8.26. The minimum atomic E-state index is -3.02. The molecular formula is C19H14F2N2O4S2. The maximum Gasteiger partial charge on any atom is 0.387 e. The Morgan fingerprint density at radius 3 is 2.59 bits per heavy atom. The average molecular weight is 436 g/mol. The molecule has 1 aliphatic heterocycles. The number of ether oxygens (including phenoxy) is 2. The lowest BCUT2D eigenvalue weighted by Crippen LogP contribution is -2.44. The van der Waals surface area contributed by atoms with E-state index >= 15 is 0 Å². The zero-order chi connectivity index (χ0) is 21.0. The molecule has 29 heavy (non-hydrogen) atoms. The van der Waals surface area contributed by atoms with Crippen molar-refractivity contribution in [2.24, 2.45) is 0 Å². The number of thiocarbonyl (C=S) groups is 1. The van der Waals surface area contributed by atoms with Crippen LogP contribution in [-0.2, 0) is 4.79 Å². The summed E-state index contributed by atoms with van der Waals surface area (Å²) in [4.78, 5) is 25.1. The third-order valence-electron chi connectivity index (χ3n) is 3.74. The monoisotopic (exact) mass is 436 g/mol. The number of halogens is 2. The summed E-state index contributed by atoms with van der Waals surface area (Å²) in [7, 11) is 1.33. The highest BCUT2D eigenvalue weighted by atomic mass is 32.2. The number of nitrogens with zero attached hydrogens (tertiary/aromatic N) is 1. The van der Waals surface area contributed by atoms with Crippen molar-refractivity contribution < 1.29 is 27.8 Å². The van der Waals surface area contributed by atoms with Gasteiger partial charge in [0.05, 0.1) is 12.0 Å². The van der Waals surface area contributed by atoms with Gasteiger partial charge in [0.25, 0.3) is 11.8 Å². The van der Waals surface area contributed by atoms with E-state index in [4.69, 9.17) is 17.0 Å². The molecule has 3 rings (SSSR count). The molecule has 0 bridgehead atoms. The van der Waals surface area contributed by atoms with Crippen LogP contribution in [0, 0.1) is 0 Å². The molecule has 2 amide bonds. The summed E-state index contributed by atoms with van der Waals surface area (Å²) in [6, 6.07) is 12.7. The summed E-state index contributed by atoms with van der Waals surface area (Å²) in [6.07, 6.45) is 1.46.